The Morgan fingerprint density at radius 3 is 2.50 bits per heavy atom. The van der Waals surface area contributed by atoms with Gasteiger partial charge in [0.05, 0.1) is 0 Å². The largest absolute Gasteiger partial charge is 0.330 e. The van der Waals surface area contributed by atoms with E-state index in [9.17, 15) is 4.79 Å². The first-order chi connectivity index (χ1) is 5.84. The van der Waals surface area contributed by atoms with Crippen LogP contribution in [0.1, 0.15) is 44.9 Å². The minimum absolute atomic E-state index is 0.405. The molecule has 0 bridgehead atoms. The molecule has 70 valence electrons. The molecule has 1 aliphatic rings. The van der Waals surface area contributed by atoms with Crippen molar-refractivity contribution in [3.8, 4) is 0 Å². The van der Waals surface area contributed by atoms with Crippen molar-refractivity contribution >= 4 is 5.78 Å². The summed E-state index contributed by atoms with van der Waals surface area (Å²) in [4.78, 5) is 11.5. The van der Waals surface area contributed by atoms with Crippen LogP contribution in [0.4, 0.5) is 0 Å². The molecule has 0 amide bonds. The van der Waals surface area contributed by atoms with Gasteiger partial charge in [0.1, 0.15) is 5.78 Å². The summed E-state index contributed by atoms with van der Waals surface area (Å²) in [5.41, 5.74) is 5.36. The molecule has 0 aromatic heterocycles. The molecule has 0 spiro atoms. The van der Waals surface area contributed by atoms with Crippen LogP contribution in [0.2, 0.25) is 0 Å². The monoisotopic (exact) mass is 169 g/mol. The van der Waals surface area contributed by atoms with E-state index >= 15 is 0 Å². The predicted octanol–water partition coefficient (Wildman–Crippen LogP) is 1.87. The fourth-order valence-electron chi connectivity index (χ4n) is 1.90. The lowest BCUT2D eigenvalue weighted by molar-refractivity contribution is -0.122. The average Bonchev–Trinajstić information content (AvgIpc) is 2.56. The third-order valence-corrected chi connectivity index (χ3v) is 2.69. The van der Waals surface area contributed by atoms with Crippen molar-refractivity contribution in [2.75, 3.05) is 6.54 Å². The zero-order chi connectivity index (χ0) is 8.81. The highest BCUT2D eigenvalue weighted by molar-refractivity contribution is 5.81. The number of hydrogen-bond donors (Lipinski definition) is 1. The average molecular weight is 169 g/mol. The van der Waals surface area contributed by atoms with Gasteiger partial charge in [0.15, 0.2) is 0 Å². The van der Waals surface area contributed by atoms with E-state index in [2.05, 4.69) is 0 Å². The Hall–Kier alpha value is -0.370. The topological polar surface area (TPSA) is 43.1 Å². The lowest BCUT2D eigenvalue weighted by Gasteiger charge is -2.06. The van der Waals surface area contributed by atoms with Crippen molar-refractivity contribution in [3.63, 3.8) is 0 Å². The number of nitrogens with two attached hydrogens (primary N) is 1. The Bertz CT molecular complexity index is 139. The number of Topliss-reactive ketones (excluding diaryl/α,β-unsaturated/α-hetero) is 1. The van der Waals surface area contributed by atoms with Gasteiger partial charge in [0.25, 0.3) is 0 Å². The molecule has 12 heavy (non-hydrogen) atoms. The molecule has 2 N–H and O–H groups in total. The Morgan fingerprint density at radius 1 is 1.25 bits per heavy atom. The zero-order valence-electron chi connectivity index (χ0n) is 7.72. The summed E-state index contributed by atoms with van der Waals surface area (Å²) in [7, 11) is 0. The number of carbonyl (C=O) groups is 1. The summed E-state index contributed by atoms with van der Waals surface area (Å²) in [6, 6.07) is 0. The predicted molar refractivity (Wildman–Crippen MR) is 49.9 cm³/mol. The summed E-state index contributed by atoms with van der Waals surface area (Å²) >= 11 is 0. The highest BCUT2D eigenvalue weighted by Crippen LogP contribution is 2.26. The fourth-order valence-corrected chi connectivity index (χ4v) is 1.90. The number of hydrogen-bond acceptors (Lipinski definition) is 2. The molecular weight excluding hydrogens is 150 g/mol. The van der Waals surface area contributed by atoms with E-state index in [1.54, 1.807) is 0 Å². The SMILES string of the molecule is NCCCCC(=O)C1CCCC1. The lowest BCUT2D eigenvalue weighted by Crippen LogP contribution is -2.11. The maximum absolute atomic E-state index is 11.5. The van der Waals surface area contributed by atoms with Crippen LogP contribution >= 0.6 is 0 Å². The highest BCUT2D eigenvalue weighted by Gasteiger charge is 2.21. The van der Waals surface area contributed by atoms with E-state index in [-0.39, 0.29) is 0 Å². The van der Waals surface area contributed by atoms with Crippen molar-refractivity contribution in [3.05, 3.63) is 0 Å². The number of ketones is 1. The van der Waals surface area contributed by atoms with Gasteiger partial charge in [0.2, 0.25) is 0 Å². The molecule has 1 saturated carbocycles. The van der Waals surface area contributed by atoms with Gasteiger partial charge in [-0.3, -0.25) is 4.79 Å². The summed E-state index contributed by atoms with van der Waals surface area (Å²) in [5, 5.41) is 0. The van der Waals surface area contributed by atoms with Crippen molar-refractivity contribution in [2.45, 2.75) is 44.9 Å². The maximum Gasteiger partial charge on any atom is 0.135 e. The fraction of sp³-hybridized carbons (Fsp3) is 0.900. The Kier molecular flexibility index (Phi) is 4.30. The van der Waals surface area contributed by atoms with Gasteiger partial charge >= 0.3 is 0 Å². The molecule has 0 heterocycles. The zero-order valence-corrected chi connectivity index (χ0v) is 7.72. The smallest absolute Gasteiger partial charge is 0.135 e. The van der Waals surface area contributed by atoms with E-state index in [0.29, 0.717) is 11.7 Å². The van der Waals surface area contributed by atoms with Crippen LogP contribution in [-0.4, -0.2) is 12.3 Å². The molecule has 0 aromatic rings. The molecule has 1 rings (SSSR count). The molecule has 0 radical (unpaired) electrons. The number of carbonyl (C=O) groups excluding carboxylic acids is 1. The van der Waals surface area contributed by atoms with Crippen molar-refractivity contribution in [1.82, 2.24) is 0 Å². The van der Waals surface area contributed by atoms with Crippen LogP contribution in [0.3, 0.4) is 0 Å². The molecule has 0 unspecified atom stereocenters. The Labute approximate surface area is 74.5 Å². The molecule has 2 nitrogen and oxygen atoms in total. The van der Waals surface area contributed by atoms with Crippen LogP contribution in [0.5, 0.6) is 0 Å². The van der Waals surface area contributed by atoms with Gasteiger partial charge in [-0.25, -0.2) is 0 Å². The minimum atomic E-state index is 0.405. The molecule has 0 saturated heterocycles. The second kappa shape index (κ2) is 5.31. The van der Waals surface area contributed by atoms with Crippen LogP contribution in [0.15, 0.2) is 0 Å². The second-order valence-corrected chi connectivity index (χ2v) is 3.69. The van der Waals surface area contributed by atoms with E-state index in [4.69, 9.17) is 5.73 Å². The van der Waals surface area contributed by atoms with Gasteiger partial charge in [0, 0.05) is 12.3 Å². The number of rotatable bonds is 5. The van der Waals surface area contributed by atoms with E-state index in [1.807, 2.05) is 0 Å². The van der Waals surface area contributed by atoms with Crippen LogP contribution < -0.4 is 5.73 Å². The number of unbranched alkanes of at least 4 members (excludes halogenated alkanes) is 1. The first-order valence-electron chi connectivity index (χ1n) is 5.07. The van der Waals surface area contributed by atoms with Crippen molar-refractivity contribution < 1.29 is 4.79 Å². The van der Waals surface area contributed by atoms with Gasteiger partial charge in [-0.15, -0.1) is 0 Å². The Balaban J connectivity index is 2.10. The molecule has 0 aliphatic heterocycles. The molecule has 1 aliphatic carbocycles. The third kappa shape index (κ3) is 2.94. The molecule has 0 atom stereocenters. The van der Waals surface area contributed by atoms with Crippen LogP contribution in [-0.2, 0) is 4.79 Å². The normalized spacial score (nSPS) is 18.4. The first-order valence-corrected chi connectivity index (χ1v) is 5.07. The molecule has 0 aromatic carbocycles. The lowest BCUT2D eigenvalue weighted by atomic mass is 9.98. The Morgan fingerprint density at radius 2 is 1.92 bits per heavy atom. The molecular formula is C10H19NO. The van der Waals surface area contributed by atoms with Crippen LogP contribution in [0, 0.1) is 5.92 Å². The van der Waals surface area contributed by atoms with Gasteiger partial charge in [-0.05, 0) is 32.2 Å². The standard InChI is InChI=1S/C10H19NO/c11-8-4-3-7-10(12)9-5-1-2-6-9/h9H,1-8,11H2. The van der Waals surface area contributed by atoms with Gasteiger partial charge in [-0.2, -0.15) is 0 Å². The quantitative estimate of drug-likeness (QED) is 0.638. The summed E-state index contributed by atoms with van der Waals surface area (Å²) < 4.78 is 0. The molecule has 2 heteroatoms. The van der Waals surface area contributed by atoms with E-state index < -0.39 is 0 Å². The first kappa shape index (κ1) is 9.72. The minimum Gasteiger partial charge on any atom is -0.330 e. The molecule has 1 fully saturated rings. The maximum atomic E-state index is 11.5. The van der Waals surface area contributed by atoms with Gasteiger partial charge < -0.3 is 5.73 Å². The summed E-state index contributed by atoms with van der Waals surface area (Å²) in [6.45, 7) is 0.720. The summed E-state index contributed by atoms with van der Waals surface area (Å²) in [6.07, 6.45) is 7.55. The third-order valence-electron chi connectivity index (χ3n) is 2.69. The van der Waals surface area contributed by atoms with Crippen molar-refractivity contribution in [2.24, 2.45) is 11.7 Å². The second-order valence-electron chi connectivity index (χ2n) is 3.69. The van der Waals surface area contributed by atoms with Crippen molar-refractivity contribution in [1.29, 1.82) is 0 Å². The van der Waals surface area contributed by atoms with E-state index in [1.165, 1.54) is 12.8 Å². The highest BCUT2D eigenvalue weighted by atomic mass is 16.1. The summed E-state index contributed by atoms with van der Waals surface area (Å²) in [5.74, 6) is 0.892. The van der Waals surface area contributed by atoms with Gasteiger partial charge in [-0.1, -0.05) is 12.8 Å². The van der Waals surface area contributed by atoms with E-state index in [0.717, 1.165) is 38.6 Å². The van der Waals surface area contributed by atoms with Crippen LogP contribution in [0.25, 0.3) is 0 Å².